The van der Waals surface area contributed by atoms with Gasteiger partial charge in [0.1, 0.15) is 0 Å². The second kappa shape index (κ2) is 9.34. The van der Waals surface area contributed by atoms with Crippen LogP contribution < -0.4 is 10.9 Å². The SMILES string of the molecule is CCC1(C)Cc2ccccc2-c2nc3n(C)nc(SCC(=O)NCCc4ccccc4)n3c(=O)c21. The average Bonchev–Trinajstić information content (AvgIpc) is 3.19. The van der Waals surface area contributed by atoms with E-state index in [4.69, 9.17) is 4.98 Å². The molecule has 0 saturated carbocycles. The first-order valence-corrected chi connectivity index (χ1v) is 12.9. The second-order valence-corrected chi connectivity index (χ2v) is 10.2. The smallest absolute Gasteiger partial charge is 0.265 e. The zero-order valence-corrected chi connectivity index (χ0v) is 21.1. The standard InChI is InChI=1S/C27H29N5O2S/c1-4-27(2)16-19-12-8-9-13-20(19)23-22(27)24(34)32-25(29-23)31(3)30-26(32)35-17-21(33)28-15-14-18-10-6-5-7-11-18/h5-13H,4,14-17H2,1-3H3,(H,28,33). The van der Waals surface area contributed by atoms with Gasteiger partial charge in [0.05, 0.1) is 17.0 Å². The Labute approximate surface area is 208 Å². The molecule has 0 fully saturated rings. The first kappa shape index (κ1) is 23.4. The van der Waals surface area contributed by atoms with Gasteiger partial charge in [0.2, 0.25) is 11.7 Å². The maximum Gasteiger partial charge on any atom is 0.265 e. The van der Waals surface area contributed by atoms with Gasteiger partial charge in [-0.2, -0.15) is 0 Å². The van der Waals surface area contributed by atoms with Crippen molar-refractivity contribution < 1.29 is 4.79 Å². The van der Waals surface area contributed by atoms with Crippen LogP contribution in [-0.2, 0) is 30.1 Å². The number of rotatable bonds is 7. The summed E-state index contributed by atoms with van der Waals surface area (Å²) >= 11 is 1.26. The number of nitrogens with one attached hydrogen (secondary N) is 1. The molecule has 1 atom stereocenters. The summed E-state index contributed by atoms with van der Waals surface area (Å²) in [6, 6.07) is 18.2. The highest BCUT2D eigenvalue weighted by molar-refractivity contribution is 7.99. The highest BCUT2D eigenvalue weighted by atomic mass is 32.2. The summed E-state index contributed by atoms with van der Waals surface area (Å²) in [4.78, 5) is 31.3. The van der Waals surface area contributed by atoms with Crippen molar-refractivity contribution in [2.24, 2.45) is 7.05 Å². The largest absolute Gasteiger partial charge is 0.355 e. The Kier molecular flexibility index (Phi) is 6.23. The lowest BCUT2D eigenvalue weighted by Gasteiger charge is -2.34. The van der Waals surface area contributed by atoms with Crippen LogP contribution in [0.25, 0.3) is 17.0 Å². The monoisotopic (exact) mass is 487 g/mol. The Balaban J connectivity index is 1.43. The van der Waals surface area contributed by atoms with Gasteiger partial charge in [-0.25, -0.2) is 14.1 Å². The molecule has 1 amide bonds. The van der Waals surface area contributed by atoms with Crippen LogP contribution in [0, 0.1) is 0 Å². The van der Waals surface area contributed by atoms with Crippen molar-refractivity contribution in [1.29, 1.82) is 0 Å². The molecule has 180 valence electrons. The number of aromatic nitrogens is 4. The number of benzene rings is 2. The number of amides is 1. The van der Waals surface area contributed by atoms with Crippen molar-refractivity contribution >= 4 is 23.4 Å². The highest BCUT2D eigenvalue weighted by Crippen LogP contribution is 2.42. The lowest BCUT2D eigenvalue weighted by Crippen LogP contribution is -2.38. The molecule has 0 aliphatic heterocycles. The lowest BCUT2D eigenvalue weighted by atomic mass is 9.69. The van der Waals surface area contributed by atoms with E-state index in [1.54, 1.807) is 16.1 Å². The summed E-state index contributed by atoms with van der Waals surface area (Å²) in [6.07, 6.45) is 2.39. The zero-order valence-electron chi connectivity index (χ0n) is 20.2. The Morgan fingerprint density at radius 2 is 1.89 bits per heavy atom. The van der Waals surface area contributed by atoms with Gasteiger partial charge in [-0.05, 0) is 30.4 Å². The summed E-state index contributed by atoms with van der Waals surface area (Å²) in [5.74, 6) is 0.574. The van der Waals surface area contributed by atoms with Crippen molar-refractivity contribution in [3.8, 4) is 11.3 Å². The predicted molar refractivity (Wildman–Crippen MR) is 139 cm³/mol. The van der Waals surface area contributed by atoms with E-state index in [1.807, 2.05) is 48.5 Å². The number of hydrogen-bond donors (Lipinski definition) is 1. The molecule has 1 aliphatic carbocycles. The molecule has 1 unspecified atom stereocenters. The van der Waals surface area contributed by atoms with Gasteiger partial charge in [-0.3, -0.25) is 9.59 Å². The first-order chi connectivity index (χ1) is 16.9. The van der Waals surface area contributed by atoms with Crippen molar-refractivity contribution in [2.45, 2.75) is 43.7 Å². The summed E-state index contributed by atoms with van der Waals surface area (Å²) in [6.45, 7) is 4.82. The number of nitrogens with zero attached hydrogens (tertiary/aromatic N) is 4. The fourth-order valence-corrected chi connectivity index (χ4v) is 5.67. The zero-order chi connectivity index (χ0) is 24.6. The van der Waals surface area contributed by atoms with E-state index in [1.165, 1.54) is 22.9 Å². The molecule has 0 radical (unpaired) electrons. The minimum absolute atomic E-state index is 0.0870. The molecule has 5 rings (SSSR count). The third-order valence-corrected chi connectivity index (χ3v) is 7.86. The topological polar surface area (TPSA) is 81.3 Å². The summed E-state index contributed by atoms with van der Waals surface area (Å²) in [5, 5.41) is 7.99. The van der Waals surface area contributed by atoms with E-state index >= 15 is 0 Å². The number of aryl methyl sites for hydroxylation is 1. The molecule has 2 aromatic heterocycles. The van der Waals surface area contributed by atoms with Crippen LogP contribution in [0.3, 0.4) is 0 Å². The van der Waals surface area contributed by atoms with E-state index in [0.29, 0.717) is 17.5 Å². The van der Waals surface area contributed by atoms with Crippen LogP contribution in [0.2, 0.25) is 0 Å². The number of hydrogen-bond acceptors (Lipinski definition) is 5. The number of carbonyl (C=O) groups is 1. The molecule has 4 aromatic rings. The number of fused-ring (bicyclic) bond motifs is 4. The molecule has 1 N–H and O–H groups in total. The van der Waals surface area contributed by atoms with Gasteiger partial charge in [0.25, 0.3) is 5.56 Å². The van der Waals surface area contributed by atoms with E-state index in [0.717, 1.165) is 36.1 Å². The van der Waals surface area contributed by atoms with E-state index in [-0.39, 0.29) is 22.6 Å². The average molecular weight is 488 g/mol. The maximum atomic E-state index is 13.9. The second-order valence-electron chi connectivity index (χ2n) is 9.30. The molecule has 2 aromatic carbocycles. The molecule has 2 heterocycles. The van der Waals surface area contributed by atoms with Crippen molar-refractivity contribution in [1.82, 2.24) is 24.5 Å². The Morgan fingerprint density at radius 1 is 1.14 bits per heavy atom. The summed E-state index contributed by atoms with van der Waals surface area (Å²) in [7, 11) is 1.78. The molecule has 0 saturated heterocycles. The van der Waals surface area contributed by atoms with Crippen molar-refractivity contribution in [3.05, 3.63) is 81.6 Å². The number of carbonyl (C=O) groups excluding carboxylic acids is 1. The van der Waals surface area contributed by atoms with Gasteiger partial charge in [-0.15, -0.1) is 5.10 Å². The predicted octanol–water partition coefficient (Wildman–Crippen LogP) is 3.77. The third-order valence-electron chi connectivity index (χ3n) is 6.93. The van der Waals surface area contributed by atoms with Gasteiger partial charge < -0.3 is 5.32 Å². The van der Waals surface area contributed by atoms with Gasteiger partial charge in [0, 0.05) is 24.6 Å². The summed E-state index contributed by atoms with van der Waals surface area (Å²) in [5.41, 5.74) is 4.48. The van der Waals surface area contributed by atoms with Gasteiger partial charge >= 0.3 is 0 Å². The molecule has 8 heteroatoms. The Morgan fingerprint density at radius 3 is 2.66 bits per heavy atom. The Bertz CT molecular complexity index is 1460. The van der Waals surface area contributed by atoms with Crippen molar-refractivity contribution in [2.75, 3.05) is 12.3 Å². The minimum atomic E-state index is -0.318. The number of thioether (sulfide) groups is 1. The van der Waals surface area contributed by atoms with E-state index in [2.05, 4.69) is 30.3 Å². The normalized spacial score (nSPS) is 16.7. The fraction of sp³-hybridized carbons (Fsp3) is 0.333. The molecular weight excluding hydrogens is 458 g/mol. The Hall–Kier alpha value is -3.39. The lowest BCUT2D eigenvalue weighted by molar-refractivity contribution is -0.118. The first-order valence-electron chi connectivity index (χ1n) is 11.9. The van der Waals surface area contributed by atoms with Gasteiger partial charge in [-0.1, -0.05) is 80.2 Å². The molecule has 1 aliphatic rings. The molecule has 35 heavy (non-hydrogen) atoms. The van der Waals surface area contributed by atoms with Crippen LogP contribution in [0.15, 0.2) is 64.5 Å². The van der Waals surface area contributed by atoms with Crippen LogP contribution in [0.4, 0.5) is 0 Å². The van der Waals surface area contributed by atoms with Crippen LogP contribution in [-0.4, -0.2) is 37.4 Å². The van der Waals surface area contributed by atoms with Crippen LogP contribution in [0.1, 0.15) is 37.0 Å². The molecule has 0 spiro atoms. The molecule has 7 nitrogen and oxygen atoms in total. The third kappa shape index (κ3) is 4.27. The summed E-state index contributed by atoms with van der Waals surface area (Å²) < 4.78 is 3.19. The van der Waals surface area contributed by atoms with Crippen LogP contribution in [0.5, 0.6) is 0 Å². The quantitative estimate of drug-likeness (QED) is 0.402. The van der Waals surface area contributed by atoms with Crippen molar-refractivity contribution in [3.63, 3.8) is 0 Å². The van der Waals surface area contributed by atoms with Crippen LogP contribution >= 0.6 is 11.8 Å². The molecular formula is C27H29N5O2S. The van der Waals surface area contributed by atoms with E-state index in [9.17, 15) is 9.59 Å². The maximum absolute atomic E-state index is 13.9. The minimum Gasteiger partial charge on any atom is -0.355 e. The van der Waals surface area contributed by atoms with E-state index < -0.39 is 0 Å². The van der Waals surface area contributed by atoms with Gasteiger partial charge in [0.15, 0.2) is 5.16 Å². The highest BCUT2D eigenvalue weighted by Gasteiger charge is 2.38. The molecule has 0 bridgehead atoms. The fourth-order valence-electron chi connectivity index (χ4n) is 4.84.